The number of benzene rings is 4. The van der Waals surface area contributed by atoms with E-state index >= 15 is 0 Å². The molecule has 4 aromatic carbocycles. The van der Waals surface area contributed by atoms with Crippen molar-refractivity contribution in [2.75, 3.05) is 10.6 Å². The molecule has 1 aromatic heterocycles. The normalized spacial score (nSPS) is 14.2. The first-order chi connectivity index (χ1) is 21.0. The van der Waals surface area contributed by atoms with Crippen LogP contribution in [0.25, 0.3) is 0 Å². The Kier molecular flexibility index (Phi) is 8.24. The number of fused-ring (bicyclic) bond motifs is 1. The zero-order chi connectivity index (χ0) is 29.8. The molecule has 43 heavy (non-hydrogen) atoms. The van der Waals surface area contributed by atoms with Crippen molar-refractivity contribution in [1.29, 1.82) is 0 Å². The van der Waals surface area contributed by atoms with E-state index in [4.69, 9.17) is 9.84 Å². The van der Waals surface area contributed by atoms with Crippen molar-refractivity contribution in [3.05, 3.63) is 142 Å². The third-order valence-electron chi connectivity index (χ3n) is 7.23. The monoisotopic (exact) mass is 591 g/mol. The molecule has 0 saturated heterocycles. The maximum atomic E-state index is 14.3. The molecule has 1 unspecified atom stereocenters. The van der Waals surface area contributed by atoms with E-state index in [2.05, 4.69) is 15.6 Å². The molecule has 9 heteroatoms. The Morgan fingerprint density at radius 2 is 1.67 bits per heavy atom. The SMILES string of the molecule is CC1=C(C(=O)Nc2ccccc2C)C(c2ccc(OCc3ccccc3)cc2)n2nc(SCc3ccccc3F)nc2N1. The second-order valence-corrected chi connectivity index (χ2v) is 11.2. The van der Waals surface area contributed by atoms with Crippen molar-refractivity contribution in [1.82, 2.24) is 14.8 Å². The Morgan fingerprint density at radius 3 is 2.44 bits per heavy atom. The molecule has 0 radical (unpaired) electrons. The van der Waals surface area contributed by atoms with E-state index in [1.54, 1.807) is 16.8 Å². The lowest BCUT2D eigenvalue weighted by atomic mass is 9.95. The van der Waals surface area contributed by atoms with Gasteiger partial charge >= 0.3 is 0 Å². The average Bonchev–Trinajstić information content (AvgIpc) is 3.43. The van der Waals surface area contributed by atoms with E-state index in [1.165, 1.54) is 17.8 Å². The van der Waals surface area contributed by atoms with Gasteiger partial charge in [-0.25, -0.2) is 9.07 Å². The van der Waals surface area contributed by atoms with Crippen LogP contribution in [0.2, 0.25) is 0 Å². The summed E-state index contributed by atoms with van der Waals surface area (Å²) in [5.41, 5.74) is 5.38. The molecule has 2 N–H and O–H groups in total. The molecule has 0 bridgehead atoms. The molecule has 216 valence electrons. The summed E-state index contributed by atoms with van der Waals surface area (Å²) in [6.45, 7) is 4.27. The lowest BCUT2D eigenvalue weighted by molar-refractivity contribution is -0.113. The number of para-hydroxylation sites is 1. The van der Waals surface area contributed by atoms with Gasteiger partial charge in [0.05, 0.1) is 5.57 Å². The summed E-state index contributed by atoms with van der Waals surface area (Å²) < 4.78 is 22.0. The van der Waals surface area contributed by atoms with Gasteiger partial charge in [-0.3, -0.25) is 4.79 Å². The number of rotatable bonds is 9. The molecule has 0 aliphatic carbocycles. The van der Waals surface area contributed by atoms with E-state index in [1.807, 2.05) is 98.8 Å². The molecular weight excluding hydrogens is 561 g/mol. The molecule has 7 nitrogen and oxygen atoms in total. The minimum absolute atomic E-state index is 0.240. The molecule has 1 atom stereocenters. The Hall–Kier alpha value is -4.89. The predicted octanol–water partition coefficient (Wildman–Crippen LogP) is 7.52. The summed E-state index contributed by atoms with van der Waals surface area (Å²) >= 11 is 1.34. The van der Waals surface area contributed by atoms with Crippen LogP contribution in [0.1, 0.15) is 35.2 Å². The van der Waals surface area contributed by atoms with E-state index in [-0.39, 0.29) is 11.7 Å². The topological polar surface area (TPSA) is 81.1 Å². The zero-order valence-corrected chi connectivity index (χ0v) is 24.6. The Labute approximate surface area is 253 Å². The Bertz CT molecular complexity index is 1790. The van der Waals surface area contributed by atoms with Gasteiger partial charge < -0.3 is 15.4 Å². The third-order valence-corrected chi connectivity index (χ3v) is 8.12. The molecule has 1 aliphatic heterocycles. The van der Waals surface area contributed by atoms with Gasteiger partial charge in [-0.1, -0.05) is 90.6 Å². The van der Waals surface area contributed by atoms with Gasteiger partial charge in [0.1, 0.15) is 24.2 Å². The first-order valence-corrected chi connectivity index (χ1v) is 14.9. The van der Waals surface area contributed by atoms with Crippen LogP contribution in [0.5, 0.6) is 5.75 Å². The minimum Gasteiger partial charge on any atom is -0.489 e. The highest BCUT2D eigenvalue weighted by Crippen LogP contribution is 2.38. The smallest absolute Gasteiger partial charge is 0.255 e. The van der Waals surface area contributed by atoms with Crippen molar-refractivity contribution in [2.24, 2.45) is 0 Å². The van der Waals surface area contributed by atoms with Crippen LogP contribution in [-0.4, -0.2) is 20.7 Å². The van der Waals surface area contributed by atoms with Crippen molar-refractivity contribution in [2.45, 2.75) is 37.4 Å². The standard InChI is InChI=1S/C34H30FN5O2S/c1-22-10-6-9-15-29(22)37-32(41)30-23(2)36-33-38-34(43-21-26-13-7-8-14-28(26)35)39-40(33)31(30)25-16-18-27(19-17-25)42-20-24-11-4-3-5-12-24/h3-19,31H,20-21H2,1-2H3,(H,37,41)(H,36,38,39). The number of carbonyl (C=O) groups is 1. The van der Waals surface area contributed by atoms with Crippen LogP contribution in [0.4, 0.5) is 16.0 Å². The number of ether oxygens (including phenoxy) is 1. The number of nitrogens with one attached hydrogen (secondary N) is 2. The molecule has 6 rings (SSSR count). The van der Waals surface area contributed by atoms with E-state index < -0.39 is 6.04 Å². The molecule has 0 saturated carbocycles. The fourth-order valence-electron chi connectivity index (χ4n) is 4.94. The summed E-state index contributed by atoms with van der Waals surface area (Å²) in [6.07, 6.45) is 0. The average molecular weight is 592 g/mol. The number of aromatic nitrogens is 3. The van der Waals surface area contributed by atoms with Crippen LogP contribution < -0.4 is 15.4 Å². The number of halogens is 1. The van der Waals surface area contributed by atoms with Gasteiger partial charge in [-0.2, -0.15) is 4.98 Å². The van der Waals surface area contributed by atoms with Gasteiger partial charge in [0.25, 0.3) is 5.91 Å². The minimum atomic E-state index is -0.557. The maximum absolute atomic E-state index is 14.3. The molecule has 2 heterocycles. The van der Waals surface area contributed by atoms with Gasteiger partial charge in [-0.05, 0) is 60.4 Å². The number of allylic oxidation sites excluding steroid dienone is 1. The second-order valence-electron chi connectivity index (χ2n) is 10.2. The van der Waals surface area contributed by atoms with Crippen molar-refractivity contribution < 1.29 is 13.9 Å². The summed E-state index contributed by atoms with van der Waals surface area (Å²) in [7, 11) is 0. The number of thioether (sulfide) groups is 1. The summed E-state index contributed by atoms with van der Waals surface area (Å²) in [5, 5.41) is 11.6. The number of amides is 1. The third kappa shape index (κ3) is 6.32. The van der Waals surface area contributed by atoms with Crippen LogP contribution in [0.15, 0.2) is 120 Å². The summed E-state index contributed by atoms with van der Waals surface area (Å²) in [6, 6.07) is 31.4. The molecule has 1 amide bonds. The number of anilines is 2. The largest absolute Gasteiger partial charge is 0.489 e. The van der Waals surface area contributed by atoms with Gasteiger partial charge in [-0.15, -0.1) is 5.10 Å². The first kappa shape index (κ1) is 28.2. The summed E-state index contributed by atoms with van der Waals surface area (Å²) in [5.74, 6) is 1.09. The highest BCUT2D eigenvalue weighted by atomic mass is 32.2. The highest BCUT2D eigenvalue weighted by Gasteiger charge is 2.34. The lowest BCUT2D eigenvalue weighted by Crippen LogP contribution is -2.31. The van der Waals surface area contributed by atoms with Crippen molar-refractivity contribution in [3.8, 4) is 5.75 Å². The van der Waals surface area contributed by atoms with Crippen LogP contribution in [0.3, 0.4) is 0 Å². The number of aryl methyl sites for hydroxylation is 1. The fourth-order valence-corrected chi connectivity index (χ4v) is 5.76. The highest BCUT2D eigenvalue weighted by molar-refractivity contribution is 7.98. The fraction of sp³-hybridized carbons (Fsp3) is 0.147. The quantitative estimate of drug-likeness (QED) is 0.173. The van der Waals surface area contributed by atoms with Gasteiger partial charge in [0.15, 0.2) is 0 Å². The Morgan fingerprint density at radius 1 is 0.953 bits per heavy atom. The lowest BCUT2D eigenvalue weighted by Gasteiger charge is -2.29. The molecule has 1 aliphatic rings. The van der Waals surface area contributed by atoms with Gasteiger partial charge in [0.2, 0.25) is 11.1 Å². The maximum Gasteiger partial charge on any atom is 0.255 e. The molecule has 5 aromatic rings. The van der Waals surface area contributed by atoms with Crippen LogP contribution >= 0.6 is 11.8 Å². The molecule has 0 spiro atoms. The van der Waals surface area contributed by atoms with E-state index in [0.29, 0.717) is 46.0 Å². The zero-order valence-electron chi connectivity index (χ0n) is 23.8. The molecule has 0 fully saturated rings. The van der Waals surface area contributed by atoms with Crippen molar-refractivity contribution in [3.63, 3.8) is 0 Å². The number of hydrogen-bond donors (Lipinski definition) is 2. The van der Waals surface area contributed by atoms with Crippen molar-refractivity contribution >= 4 is 29.3 Å². The number of nitrogens with zero attached hydrogens (tertiary/aromatic N) is 3. The summed E-state index contributed by atoms with van der Waals surface area (Å²) in [4.78, 5) is 18.5. The van der Waals surface area contributed by atoms with E-state index in [9.17, 15) is 9.18 Å². The molecular formula is C34H30FN5O2S. The number of carbonyl (C=O) groups excluding carboxylic acids is 1. The van der Waals surface area contributed by atoms with Gasteiger partial charge in [0, 0.05) is 17.1 Å². The first-order valence-electron chi connectivity index (χ1n) is 13.9. The van der Waals surface area contributed by atoms with E-state index in [0.717, 1.165) is 22.4 Å². The van der Waals surface area contributed by atoms with Crippen LogP contribution in [0, 0.1) is 12.7 Å². The Balaban J connectivity index is 1.31. The second kappa shape index (κ2) is 12.5. The van der Waals surface area contributed by atoms with Crippen LogP contribution in [-0.2, 0) is 17.2 Å². The number of hydrogen-bond acceptors (Lipinski definition) is 6. The predicted molar refractivity (Wildman–Crippen MR) is 167 cm³/mol.